The molecule has 1 aliphatic rings. The van der Waals surface area contributed by atoms with Gasteiger partial charge in [-0.3, -0.25) is 9.69 Å². The normalized spacial score (nSPS) is 21.1. The first kappa shape index (κ1) is 12.9. The Balaban J connectivity index is 2.96. The molecule has 0 aromatic heterocycles. The molecule has 1 fully saturated rings. The maximum atomic E-state index is 11.8. The maximum absolute atomic E-state index is 11.8. The third kappa shape index (κ3) is 2.51. The summed E-state index contributed by atoms with van der Waals surface area (Å²) in [6.07, 6.45) is 5.14. The molecule has 1 atom stereocenters. The summed E-state index contributed by atoms with van der Waals surface area (Å²) in [7, 11) is 0. The van der Waals surface area contributed by atoms with Crippen LogP contribution in [-0.2, 0) is 9.59 Å². The monoisotopic (exact) mass is 257 g/mol. The number of rotatable bonds is 3. The van der Waals surface area contributed by atoms with Crippen molar-refractivity contribution in [3.05, 3.63) is 23.1 Å². The molecule has 0 aromatic carbocycles. The number of hydrogen-bond acceptors (Lipinski definition) is 4. The summed E-state index contributed by atoms with van der Waals surface area (Å²) in [4.78, 5) is 24.2. The Hall–Kier alpha value is -1.14. The molecule has 0 radical (unpaired) electrons. The largest absolute Gasteiger partial charge is 0.480 e. The Morgan fingerprint density at radius 1 is 1.62 bits per heavy atom. The van der Waals surface area contributed by atoms with Gasteiger partial charge in [0.15, 0.2) is 0 Å². The molecule has 6 heteroatoms. The van der Waals surface area contributed by atoms with Crippen LogP contribution in [0.2, 0.25) is 0 Å². The van der Waals surface area contributed by atoms with E-state index in [0.29, 0.717) is 4.91 Å². The van der Waals surface area contributed by atoms with Crippen LogP contribution in [-0.4, -0.2) is 32.2 Å². The lowest BCUT2D eigenvalue weighted by atomic mass is 10.3. The quantitative estimate of drug-likeness (QED) is 0.617. The van der Waals surface area contributed by atoms with E-state index in [1.807, 2.05) is 6.92 Å². The van der Waals surface area contributed by atoms with Gasteiger partial charge in [-0.05, 0) is 19.9 Å². The third-order valence-corrected chi connectivity index (χ3v) is 3.36. The number of hydrogen-bond donors (Lipinski definition) is 1. The van der Waals surface area contributed by atoms with Gasteiger partial charge in [-0.1, -0.05) is 36.1 Å². The Morgan fingerprint density at radius 2 is 2.25 bits per heavy atom. The van der Waals surface area contributed by atoms with Crippen molar-refractivity contribution in [3.8, 4) is 0 Å². The number of carboxylic acids is 1. The van der Waals surface area contributed by atoms with Gasteiger partial charge in [0.05, 0.1) is 4.91 Å². The molecule has 1 saturated heterocycles. The van der Waals surface area contributed by atoms with E-state index in [0.717, 1.165) is 16.7 Å². The summed E-state index contributed by atoms with van der Waals surface area (Å²) in [5.41, 5.74) is 0. The highest BCUT2D eigenvalue weighted by Gasteiger charge is 2.37. The molecule has 1 heterocycles. The average Bonchev–Trinajstić information content (AvgIpc) is 2.50. The topological polar surface area (TPSA) is 57.6 Å². The van der Waals surface area contributed by atoms with Gasteiger partial charge in [0.25, 0.3) is 5.91 Å². The van der Waals surface area contributed by atoms with E-state index in [4.69, 9.17) is 17.3 Å². The van der Waals surface area contributed by atoms with Gasteiger partial charge in [0.2, 0.25) is 0 Å². The smallest absolute Gasteiger partial charge is 0.326 e. The second kappa shape index (κ2) is 5.27. The molecular weight excluding hydrogens is 246 g/mol. The van der Waals surface area contributed by atoms with Crippen LogP contribution in [0.15, 0.2) is 23.1 Å². The zero-order valence-corrected chi connectivity index (χ0v) is 10.5. The minimum atomic E-state index is -1.07. The van der Waals surface area contributed by atoms with Crippen LogP contribution in [0.4, 0.5) is 0 Å². The van der Waals surface area contributed by atoms with E-state index in [-0.39, 0.29) is 10.2 Å². The molecule has 0 spiro atoms. The number of thioether (sulfide) groups is 1. The molecule has 16 heavy (non-hydrogen) atoms. The van der Waals surface area contributed by atoms with Crippen molar-refractivity contribution >= 4 is 40.2 Å². The molecule has 1 aliphatic heterocycles. The van der Waals surface area contributed by atoms with E-state index < -0.39 is 12.0 Å². The van der Waals surface area contributed by atoms with Crippen LogP contribution < -0.4 is 0 Å². The van der Waals surface area contributed by atoms with E-state index in [1.165, 1.54) is 6.92 Å². The molecular formula is C10H11NO3S2. The van der Waals surface area contributed by atoms with Crippen LogP contribution >= 0.6 is 24.0 Å². The van der Waals surface area contributed by atoms with Gasteiger partial charge >= 0.3 is 5.97 Å². The lowest BCUT2D eigenvalue weighted by Gasteiger charge is -2.18. The first-order valence-corrected chi connectivity index (χ1v) is 5.82. The van der Waals surface area contributed by atoms with Crippen LogP contribution in [0.5, 0.6) is 0 Å². The van der Waals surface area contributed by atoms with Crippen molar-refractivity contribution in [2.45, 2.75) is 19.9 Å². The third-order valence-electron chi connectivity index (χ3n) is 2.01. The standard InChI is InChI=1S/C10H11NO3S2/c1-3-4-5-7-8(12)11(10(15)16-7)6(2)9(13)14/h3-6H,1-2H3,(H,13,14)/b4-3-,7-5-/t6-/m0/s1. The van der Waals surface area contributed by atoms with Crippen LogP contribution in [0.1, 0.15) is 13.8 Å². The van der Waals surface area contributed by atoms with Gasteiger partial charge in [-0.25, -0.2) is 4.79 Å². The molecule has 86 valence electrons. The maximum Gasteiger partial charge on any atom is 0.326 e. The number of carboxylic acid groups (broad SMARTS) is 1. The van der Waals surface area contributed by atoms with Crippen molar-refractivity contribution in [3.63, 3.8) is 0 Å². The van der Waals surface area contributed by atoms with Gasteiger partial charge < -0.3 is 5.11 Å². The second-order valence-electron chi connectivity index (χ2n) is 3.11. The molecule has 0 aliphatic carbocycles. The van der Waals surface area contributed by atoms with Gasteiger partial charge in [-0.15, -0.1) is 0 Å². The zero-order chi connectivity index (χ0) is 12.3. The summed E-state index contributed by atoms with van der Waals surface area (Å²) in [5, 5.41) is 8.84. The molecule has 1 N–H and O–H groups in total. The van der Waals surface area contributed by atoms with Gasteiger partial charge in [0.1, 0.15) is 10.4 Å². The summed E-state index contributed by atoms with van der Waals surface area (Å²) < 4.78 is 0.288. The number of carbonyl (C=O) groups is 2. The Labute approximate surface area is 103 Å². The number of nitrogens with zero attached hydrogens (tertiary/aromatic N) is 1. The Morgan fingerprint density at radius 3 is 2.75 bits per heavy atom. The van der Waals surface area contributed by atoms with Crippen LogP contribution in [0, 0.1) is 0 Å². The number of aliphatic carboxylic acids is 1. The average molecular weight is 257 g/mol. The zero-order valence-electron chi connectivity index (χ0n) is 8.84. The van der Waals surface area contributed by atoms with Crippen molar-refractivity contribution in [2.24, 2.45) is 0 Å². The van der Waals surface area contributed by atoms with E-state index in [9.17, 15) is 9.59 Å². The van der Waals surface area contributed by atoms with Gasteiger partial charge in [0, 0.05) is 0 Å². The van der Waals surface area contributed by atoms with Crippen molar-refractivity contribution < 1.29 is 14.7 Å². The highest BCUT2D eigenvalue weighted by molar-refractivity contribution is 8.26. The molecule has 4 nitrogen and oxygen atoms in total. The Kier molecular flexibility index (Phi) is 4.26. The highest BCUT2D eigenvalue weighted by Crippen LogP contribution is 2.32. The van der Waals surface area contributed by atoms with Crippen LogP contribution in [0.25, 0.3) is 0 Å². The van der Waals surface area contributed by atoms with Crippen molar-refractivity contribution in [1.29, 1.82) is 0 Å². The molecule has 0 bridgehead atoms. The van der Waals surface area contributed by atoms with E-state index >= 15 is 0 Å². The number of allylic oxidation sites excluding steroid dienone is 3. The summed E-state index contributed by atoms with van der Waals surface area (Å²) >= 11 is 6.10. The molecule has 0 aromatic rings. The minimum Gasteiger partial charge on any atom is -0.480 e. The number of amides is 1. The predicted molar refractivity (Wildman–Crippen MR) is 67.0 cm³/mol. The molecule has 0 saturated carbocycles. The van der Waals surface area contributed by atoms with E-state index in [2.05, 4.69) is 0 Å². The van der Waals surface area contributed by atoms with Crippen molar-refractivity contribution in [1.82, 2.24) is 4.90 Å². The van der Waals surface area contributed by atoms with Crippen molar-refractivity contribution in [2.75, 3.05) is 0 Å². The Bertz CT molecular complexity index is 401. The second-order valence-corrected chi connectivity index (χ2v) is 4.79. The summed E-state index contributed by atoms with van der Waals surface area (Å²) in [6, 6.07) is -0.927. The predicted octanol–water partition coefficient (Wildman–Crippen LogP) is 1.78. The first-order valence-electron chi connectivity index (χ1n) is 4.60. The molecule has 0 unspecified atom stereocenters. The fourth-order valence-corrected chi connectivity index (χ4v) is 2.49. The fourth-order valence-electron chi connectivity index (χ4n) is 1.12. The molecule has 1 amide bonds. The number of carbonyl (C=O) groups excluding carboxylic acids is 1. The summed E-state index contributed by atoms with van der Waals surface area (Å²) in [6.45, 7) is 3.27. The minimum absolute atomic E-state index is 0.288. The summed E-state index contributed by atoms with van der Waals surface area (Å²) in [5.74, 6) is -1.41. The van der Waals surface area contributed by atoms with Gasteiger partial charge in [-0.2, -0.15) is 0 Å². The lowest BCUT2D eigenvalue weighted by Crippen LogP contribution is -2.41. The molecule has 1 rings (SSSR count). The first-order chi connectivity index (χ1) is 7.49. The SMILES string of the molecule is C/C=C\C=C1/SC(=S)N([C@@H](C)C(=O)O)C1=O. The lowest BCUT2D eigenvalue weighted by molar-refractivity contribution is -0.144. The number of thiocarbonyl (C=S) groups is 1. The van der Waals surface area contributed by atoms with Crippen LogP contribution in [0.3, 0.4) is 0 Å². The fraction of sp³-hybridized carbons (Fsp3) is 0.300. The highest BCUT2D eigenvalue weighted by atomic mass is 32.2. The van der Waals surface area contributed by atoms with E-state index in [1.54, 1.807) is 18.2 Å².